The third-order valence-corrected chi connectivity index (χ3v) is 5.58. The van der Waals surface area contributed by atoms with Gasteiger partial charge >= 0.3 is 0 Å². The number of para-hydroxylation sites is 2. The first kappa shape index (κ1) is 20.7. The predicted octanol–water partition coefficient (Wildman–Crippen LogP) is 4.70. The molecule has 0 fully saturated rings. The van der Waals surface area contributed by atoms with Crippen LogP contribution in [0.3, 0.4) is 0 Å². The van der Waals surface area contributed by atoms with Crippen LogP contribution in [0.15, 0.2) is 76.7 Å². The van der Waals surface area contributed by atoms with Crippen LogP contribution < -0.4 is 10.9 Å². The van der Waals surface area contributed by atoms with Gasteiger partial charge in [-0.05, 0) is 42.8 Å². The average molecular weight is 437 g/mol. The zero-order valence-corrected chi connectivity index (χ0v) is 17.2. The number of aromatic nitrogens is 2. The van der Waals surface area contributed by atoms with E-state index in [0.29, 0.717) is 21.7 Å². The van der Waals surface area contributed by atoms with E-state index in [1.165, 1.54) is 10.6 Å². The lowest BCUT2D eigenvalue weighted by Crippen LogP contribution is -2.23. The second-order valence-corrected chi connectivity index (χ2v) is 7.75. The Morgan fingerprint density at radius 1 is 1.03 bits per heavy atom. The fourth-order valence-corrected chi connectivity index (χ4v) is 3.94. The number of amides is 1. The molecule has 4 rings (SSSR count). The van der Waals surface area contributed by atoms with Crippen molar-refractivity contribution in [3.8, 4) is 5.69 Å². The van der Waals surface area contributed by atoms with E-state index in [0.717, 1.165) is 29.5 Å². The molecule has 1 N–H and O–H groups in total. The Bertz CT molecular complexity index is 1350. The average Bonchev–Trinajstić information content (AvgIpc) is 2.76. The van der Waals surface area contributed by atoms with Crippen molar-refractivity contribution < 1.29 is 13.6 Å². The van der Waals surface area contributed by atoms with E-state index >= 15 is 0 Å². The van der Waals surface area contributed by atoms with Crippen LogP contribution >= 0.6 is 11.8 Å². The van der Waals surface area contributed by atoms with Gasteiger partial charge in [0, 0.05) is 11.8 Å². The molecule has 0 aliphatic rings. The second-order valence-electron chi connectivity index (χ2n) is 6.80. The lowest BCUT2D eigenvalue weighted by Gasteiger charge is -2.15. The Labute approximate surface area is 180 Å². The quantitative estimate of drug-likeness (QED) is 0.363. The zero-order valence-electron chi connectivity index (χ0n) is 16.4. The normalized spacial score (nSPS) is 10.9. The van der Waals surface area contributed by atoms with Crippen LogP contribution in [0.4, 0.5) is 14.5 Å². The lowest BCUT2D eigenvalue weighted by atomic mass is 10.2. The van der Waals surface area contributed by atoms with E-state index in [9.17, 15) is 18.4 Å². The van der Waals surface area contributed by atoms with Crippen molar-refractivity contribution in [1.29, 1.82) is 0 Å². The fraction of sp³-hybridized carbons (Fsp3) is 0.0870. The Hall–Kier alpha value is -3.52. The minimum atomic E-state index is -1.05. The summed E-state index contributed by atoms with van der Waals surface area (Å²) in [5.74, 6) is -2.55. The maximum atomic E-state index is 13.4. The van der Waals surface area contributed by atoms with Gasteiger partial charge in [-0.3, -0.25) is 14.2 Å². The van der Waals surface area contributed by atoms with Crippen LogP contribution in [0.1, 0.15) is 5.56 Å². The molecule has 0 saturated heterocycles. The number of nitrogens with zero attached hydrogens (tertiary/aromatic N) is 2. The maximum absolute atomic E-state index is 13.4. The van der Waals surface area contributed by atoms with E-state index < -0.39 is 17.5 Å². The number of thioether (sulfide) groups is 1. The highest BCUT2D eigenvalue weighted by Gasteiger charge is 2.16. The molecule has 0 radical (unpaired) electrons. The molecular formula is C23H17F2N3O2S. The van der Waals surface area contributed by atoms with Crippen LogP contribution in [0.5, 0.6) is 0 Å². The smallest absolute Gasteiger partial charge is 0.266 e. The number of benzene rings is 3. The minimum absolute atomic E-state index is 0.0738. The first-order valence-electron chi connectivity index (χ1n) is 9.39. The number of hydrogen-bond acceptors (Lipinski definition) is 4. The van der Waals surface area contributed by atoms with Gasteiger partial charge in [-0.2, -0.15) is 0 Å². The minimum Gasteiger partial charge on any atom is -0.325 e. The SMILES string of the molecule is Cc1ccccc1-n1c(SCC(=O)Nc2ccc(F)c(F)c2)nc2ccccc2c1=O. The molecule has 0 saturated carbocycles. The summed E-state index contributed by atoms with van der Waals surface area (Å²) in [6.45, 7) is 1.89. The number of rotatable bonds is 5. The summed E-state index contributed by atoms with van der Waals surface area (Å²) < 4.78 is 27.9. The van der Waals surface area contributed by atoms with E-state index in [1.807, 2.05) is 31.2 Å². The molecule has 4 aromatic rings. The summed E-state index contributed by atoms with van der Waals surface area (Å²) in [7, 11) is 0. The third kappa shape index (κ3) is 4.34. The summed E-state index contributed by atoms with van der Waals surface area (Å²) >= 11 is 1.09. The molecule has 1 heterocycles. The summed E-state index contributed by atoms with van der Waals surface area (Å²) in [4.78, 5) is 30.2. The molecule has 0 unspecified atom stereocenters. The summed E-state index contributed by atoms with van der Waals surface area (Å²) in [6.07, 6.45) is 0. The second kappa shape index (κ2) is 8.69. The number of carbonyl (C=O) groups is 1. The molecule has 0 aliphatic heterocycles. The fourth-order valence-electron chi connectivity index (χ4n) is 3.14. The van der Waals surface area contributed by atoms with Gasteiger partial charge in [-0.25, -0.2) is 13.8 Å². The third-order valence-electron chi connectivity index (χ3n) is 4.64. The Morgan fingerprint density at radius 3 is 2.55 bits per heavy atom. The molecule has 3 aromatic carbocycles. The van der Waals surface area contributed by atoms with Crippen LogP contribution in [0.25, 0.3) is 16.6 Å². The molecule has 31 heavy (non-hydrogen) atoms. The van der Waals surface area contributed by atoms with Crippen molar-refractivity contribution in [3.63, 3.8) is 0 Å². The number of anilines is 1. The van der Waals surface area contributed by atoms with Crippen molar-refractivity contribution in [2.45, 2.75) is 12.1 Å². The Kier molecular flexibility index (Phi) is 5.81. The van der Waals surface area contributed by atoms with Gasteiger partial charge in [-0.1, -0.05) is 42.1 Å². The molecule has 5 nitrogen and oxygen atoms in total. The lowest BCUT2D eigenvalue weighted by molar-refractivity contribution is -0.113. The van der Waals surface area contributed by atoms with E-state index in [2.05, 4.69) is 10.3 Å². The van der Waals surface area contributed by atoms with Gasteiger partial charge in [0.15, 0.2) is 16.8 Å². The van der Waals surface area contributed by atoms with Gasteiger partial charge in [-0.15, -0.1) is 0 Å². The molecular weight excluding hydrogens is 420 g/mol. The van der Waals surface area contributed by atoms with E-state index in [4.69, 9.17) is 0 Å². The summed E-state index contributed by atoms with van der Waals surface area (Å²) in [6, 6.07) is 17.6. The van der Waals surface area contributed by atoms with E-state index in [-0.39, 0.29) is 17.0 Å². The van der Waals surface area contributed by atoms with Gasteiger partial charge in [0.2, 0.25) is 5.91 Å². The number of hydrogen-bond donors (Lipinski definition) is 1. The van der Waals surface area contributed by atoms with E-state index in [1.54, 1.807) is 24.3 Å². The number of aryl methyl sites for hydroxylation is 1. The molecule has 0 aliphatic carbocycles. The number of nitrogens with one attached hydrogen (secondary N) is 1. The van der Waals surface area contributed by atoms with Crippen LogP contribution in [0, 0.1) is 18.6 Å². The molecule has 1 aromatic heterocycles. The van der Waals surface area contributed by atoms with Gasteiger partial charge < -0.3 is 5.32 Å². The van der Waals surface area contributed by atoms with Crippen molar-refractivity contribution in [2.75, 3.05) is 11.1 Å². The molecule has 0 bridgehead atoms. The molecule has 1 amide bonds. The monoisotopic (exact) mass is 437 g/mol. The molecule has 8 heteroatoms. The van der Waals surface area contributed by atoms with Gasteiger partial charge in [0.1, 0.15) is 0 Å². The highest BCUT2D eigenvalue weighted by atomic mass is 32.2. The maximum Gasteiger partial charge on any atom is 0.266 e. The van der Waals surface area contributed by atoms with Crippen molar-refractivity contribution in [2.24, 2.45) is 0 Å². The van der Waals surface area contributed by atoms with Crippen molar-refractivity contribution in [1.82, 2.24) is 9.55 Å². The largest absolute Gasteiger partial charge is 0.325 e. The summed E-state index contributed by atoms with van der Waals surface area (Å²) in [5.41, 5.74) is 2.00. The van der Waals surface area contributed by atoms with Gasteiger partial charge in [0.05, 0.1) is 22.3 Å². The predicted molar refractivity (Wildman–Crippen MR) is 118 cm³/mol. The first-order chi connectivity index (χ1) is 14.9. The highest BCUT2D eigenvalue weighted by Crippen LogP contribution is 2.23. The highest BCUT2D eigenvalue weighted by molar-refractivity contribution is 7.99. The standard InChI is InChI=1S/C23H17F2N3O2S/c1-14-6-2-5-9-20(14)28-22(30)16-7-3-4-8-19(16)27-23(28)31-13-21(29)26-15-10-11-17(24)18(25)12-15/h2-12H,13H2,1H3,(H,26,29). The Balaban J connectivity index is 1.67. The zero-order chi connectivity index (χ0) is 22.0. The Morgan fingerprint density at radius 2 is 1.77 bits per heavy atom. The first-order valence-corrected chi connectivity index (χ1v) is 10.4. The van der Waals surface area contributed by atoms with Crippen molar-refractivity contribution in [3.05, 3.63) is 94.3 Å². The van der Waals surface area contributed by atoms with Gasteiger partial charge in [0.25, 0.3) is 5.56 Å². The topological polar surface area (TPSA) is 64.0 Å². The van der Waals surface area contributed by atoms with Crippen LogP contribution in [-0.4, -0.2) is 21.2 Å². The number of halogens is 2. The molecule has 0 atom stereocenters. The van der Waals surface area contributed by atoms with Crippen LogP contribution in [-0.2, 0) is 4.79 Å². The number of fused-ring (bicyclic) bond motifs is 1. The van der Waals surface area contributed by atoms with Crippen molar-refractivity contribution >= 4 is 34.3 Å². The van der Waals surface area contributed by atoms with Crippen LogP contribution in [0.2, 0.25) is 0 Å². The summed E-state index contributed by atoms with van der Waals surface area (Å²) in [5, 5.41) is 3.35. The molecule has 156 valence electrons. The molecule has 0 spiro atoms. The number of carbonyl (C=O) groups excluding carboxylic acids is 1.